The summed E-state index contributed by atoms with van der Waals surface area (Å²) >= 11 is 1.12. The van der Waals surface area contributed by atoms with Gasteiger partial charge in [-0.2, -0.15) is 5.26 Å². The fourth-order valence-electron chi connectivity index (χ4n) is 0.535. The van der Waals surface area contributed by atoms with Crippen molar-refractivity contribution >= 4 is 11.8 Å². The summed E-state index contributed by atoms with van der Waals surface area (Å²) in [5.41, 5.74) is 0. The summed E-state index contributed by atoms with van der Waals surface area (Å²) in [6.07, 6.45) is 3.65. The van der Waals surface area contributed by atoms with Crippen molar-refractivity contribution < 1.29 is 4.57 Å². The third-order valence-electron chi connectivity index (χ3n) is 0.968. The van der Waals surface area contributed by atoms with Crippen molar-refractivity contribution in [3.8, 4) is 5.40 Å². The largest absolute Gasteiger partial charge is 0.330 e. The molecule has 0 aromatic carbocycles. The number of hydrogen-bond donors (Lipinski definition) is 1. The summed E-state index contributed by atoms with van der Waals surface area (Å²) < 4.78 is 1.86. The first-order chi connectivity index (χ1) is 4.34. The fourth-order valence-corrected chi connectivity index (χ4v) is 0.953. The van der Waals surface area contributed by atoms with E-state index in [1.54, 1.807) is 6.20 Å². The molecule has 0 saturated carbocycles. The average molecular weight is 140 g/mol. The van der Waals surface area contributed by atoms with Crippen LogP contribution >= 0.6 is 11.8 Å². The number of rotatable bonds is 1. The molecule has 3 nitrogen and oxygen atoms in total. The Morgan fingerprint density at radius 1 is 1.89 bits per heavy atom. The molecule has 9 heavy (non-hydrogen) atoms. The molecule has 46 valence electrons. The van der Waals surface area contributed by atoms with Crippen molar-refractivity contribution in [2.75, 3.05) is 0 Å². The summed E-state index contributed by atoms with van der Waals surface area (Å²) in [5, 5.41) is 11.1. The van der Waals surface area contributed by atoms with Crippen LogP contribution in [0.3, 0.4) is 0 Å². The van der Waals surface area contributed by atoms with Crippen LogP contribution in [0.2, 0.25) is 0 Å². The van der Waals surface area contributed by atoms with Crippen LogP contribution in [0, 0.1) is 10.7 Å². The molecule has 1 N–H and O–H groups in total. The Hall–Kier alpha value is -0.950. The zero-order valence-electron chi connectivity index (χ0n) is 4.96. The van der Waals surface area contributed by atoms with Crippen molar-refractivity contribution in [1.29, 1.82) is 5.26 Å². The minimum Gasteiger partial charge on any atom is -0.237 e. The standard InChI is InChI=1S/C5H5N3S/c1-8-3-2-7-5(8)9-4-6/h2-3H,1H3/p+1. The van der Waals surface area contributed by atoms with Gasteiger partial charge in [0, 0.05) is 0 Å². The smallest absolute Gasteiger partial charge is 0.237 e. The van der Waals surface area contributed by atoms with Crippen LogP contribution in [0.15, 0.2) is 17.6 Å². The van der Waals surface area contributed by atoms with Crippen molar-refractivity contribution in [2.24, 2.45) is 7.05 Å². The molecule has 0 aliphatic carbocycles. The maximum atomic E-state index is 8.24. The predicted octanol–water partition coefficient (Wildman–Crippen LogP) is 0.412. The highest BCUT2D eigenvalue weighted by Crippen LogP contribution is 2.05. The van der Waals surface area contributed by atoms with E-state index in [-0.39, 0.29) is 0 Å². The number of nitrogens with zero attached hydrogens (tertiary/aromatic N) is 2. The lowest BCUT2D eigenvalue weighted by molar-refractivity contribution is -0.707. The van der Waals surface area contributed by atoms with Crippen molar-refractivity contribution in [3.63, 3.8) is 0 Å². The van der Waals surface area contributed by atoms with Gasteiger partial charge in [-0.3, -0.25) is 0 Å². The summed E-state index contributed by atoms with van der Waals surface area (Å²) in [4.78, 5) is 2.91. The molecule has 1 aromatic rings. The number of thioether (sulfide) groups is 1. The molecule has 0 unspecified atom stereocenters. The van der Waals surface area contributed by atoms with Crippen molar-refractivity contribution in [2.45, 2.75) is 5.16 Å². The molecule has 0 radical (unpaired) electrons. The zero-order chi connectivity index (χ0) is 6.69. The number of nitrogens with one attached hydrogen (secondary N) is 1. The molecular weight excluding hydrogens is 134 g/mol. The number of thiocyanates is 1. The highest BCUT2D eigenvalue weighted by molar-refractivity contribution is 8.03. The van der Waals surface area contributed by atoms with E-state index < -0.39 is 0 Å². The van der Waals surface area contributed by atoms with E-state index in [0.717, 1.165) is 16.9 Å². The second-order valence-electron chi connectivity index (χ2n) is 1.57. The Kier molecular flexibility index (Phi) is 1.75. The van der Waals surface area contributed by atoms with E-state index in [9.17, 15) is 0 Å². The lowest BCUT2D eigenvalue weighted by Gasteiger charge is -1.80. The normalized spacial score (nSPS) is 8.89. The molecule has 0 aliphatic heterocycles. The zero-order valence-corrected chi connectivity index (χ0v) is 5.77. The topological polar surface area (TPSA) is 43.5 Å². The van der Waals surface area contributed by atoms with Gasteiger partial charge < -0.3 is 0 Å². The van der Waals surface area contributed by atoms with E-state index in [1.807, 2.05) is 23.2 Å². The molecule has 0 atom stereocenters. The summed E-state index contributed by atoms with van der Waals surface area (Å²) in [7, 11) is 1.89. The molecule has 0 aliphatic rings. The van der Waals surface area contributed by atoms with E-state index >= 15 is 0 Å². The van der Waals surface area contributed by atoms with Gasteiger partial charge in [0.05, 0.1) is 18.8 Å². The number of imidazole rings is 1. The Morgan fingerprint density at radius 2 is 2.67 bits per heavy atom. The summed E-state index contributed by atoms with van der Waals surface area (Å²) in [6.45, 7) is 0. The van der Waals surface area contributed by atoms with Crippen LogP contribution in [0.25, 0.3) is 0 Å². The second kappa shape index (κ2) is 2.55. The maximum Gasteiger partial charge on any atom is 0.330 e. The van der Waals surface area contributed by atoms with E-state index in [1.165, 1.54) is 0 Å². The van der Waals surface area contributed by atoms with Gasteiger partial charge >= 0.3 is 5.16 Å². The molecule has 0 amide bonds. The average Bonchev–Trinajstić information content (AvgIpc) is 2.18. The van der Waals surface area contributed by atoms with Gasteiger partial charge in [0.1, 0.15) is 17.8 Å². The quantitative estimate of drug-likeness (QED) is 0.349. The Morgan fingerprint density at radius 3 is 3.11 bits per heavy atom. The van der Waals surface area contributed by atoms with Crippen LogP contribution in [0.1, 0.15) is 0 Å². The van der Waals surface area contributed by atoms with E-state index in [0.29, 0.717) is 0 Å². The third kappa shape index (κ3) is 1.24. The molecule has 0 saturated heterocycles. The molecule has 1 rings (SSSR count). The van der Waals surface area contributed by atoms with Gasteiger partial charge in [-0.15, -0.1) is 0 Å². The van der Waals surface area contributed by atoms with Crippen molar-refractivity contribution in [3.05, 3.63) is 12.4 Å². The van der Waals surface area contributed by atoms with Crippen LogP contribution < -0.4 is 4.57 Å². The van der Waals surface area contributed by atoms with Gasteiger partial charge in [-0.05, 0) is 0 Å². The monoisotopic (exact) mass is 140 g/mol. The number of aryl methyl sites for hydroxylation is 1. The van der Waals surface area contributed by atoms with Gasteiger partial charge in [0.25, 0.3) is 0 Å². The lowest BCUT2D eigenvalue weighted by atomic mass is 10.9. The number of hydrogen-bond acceptors (Lipinski definition) is 2. The third-order valence-corrected chi connectivity index (χ3v) is 1.66. The molecule has 1 aromatic heterocycles. The van der Waals surface area contributed by atoms with Gasteiger partial charge in [-0.25, -0.2) is 9.55 Å². The lowest BCUT2D eigenvalue weighted by Crippen LogP contribution is -2.26. The van der Waals surface area contributed by atoms with Gasteiger partial charge in [0.2, 0.25) is 0 Å². The van der Waals surface area contributed by atoms with Crippen LogP contribution in [-0.4, -0.2) is 4.98 Å². The van der Waals surface area contributed by atoms with Gasteiger partial charge in [0.15, 0.2) is 0 Å². The molecule has 0 spiro atoms. The van der Waals surface area contributed by atoms with Gasteiger partial charge in [-0.1, -0.05) is 0 Å². The minimum atomic E-state index is 0.859. The summed E-state index contributed by atoms with van der Waals surface area (Å²) in [5.74, 6) is 0. The Labute approximate surface area is 57.3 Å². The molecule has 0 fully saturated rings. The SMILES string of the molecule is C[n+]1cc[nH]c1SC#N. The first kappa shape index (κ1) is 6.17. The predicted molar refractivity (Wildman–Crippen MR) is 33.4 cm³/mol. The molecular formula is C5H6N3S+. The first-order valence-corrected chi connectivity index (χ1v) is 3.25. The number of aromatic amines is 1. The number of nitriles is 1. The first-order valence-electron chi connectivity index (χ1n) is 2.43. The maximum absolute atomic E-state index is 8.24. The number of H-pyrrole nitrogens is 1. The van der Waals surface area contributed by atoms with Crippen LogP contribution in [0.5, 0.6) is 0 Å². The van der Waals surface area contributed by atoms with E-state index in [2.05, 4.69) is 4.98 Å². The number of aromatic nitrogens is 2. The highest BCUT2D eigenvalue weighted by atomic mass is 32.2. The fraction of sp³-hybridized carbons (Fsp3) is 0.200. The van der Waals surface area contributed by atoms with E-state index in [4.69, 9.17) is 5.26 Å². The van der Waals surface area contributed by atoms with Crippen LogP contribution in [-0.2, 0) is 7.05 Å². The van der Waals surface area contributed by atoms with Crippen LogP contribution in [0.4, 0.5) is 0 Å². The molecule has 1 heterocycles. The minimum absolute atomic E-state index is 0.859. The Bertz CT molecular complexity index is 235. The Balaban J connectivity index is 2.84. The molecule has 4 heteroatoms. The van der Waals surface area contributed by atoms with Crippen molar-refractivity contribution in [1.82, 2.24) is 4.98 Å². The summed E-state index contributed by atoms with van der Waals surface area (Å²) in [6, 6.07) is 0. The second-order valence-corrected chi connectivity index (χ2v) is 2.34. The highest BCUT2D eigenvalue weighted by Gasteiger charge is 2.04. The molecule has 0 bridgehead atoms.